The normalized spacial score (nSPS) is 10.5. The molecule has 0 bridgehead atoms. The summed E-state index contributed by atoms with van der Waals surface area (Å²) in [6.07, 6.45) is 1.66. The highest BCUT2D eigenvalue weighted by Gasteiger charge is 2.16. The third-order valence-corrected chi connectivity index (χ3v) is 4.06. The van der Waals surface area contributed by atoms with E-state index < -0.39 is 5.97 Å². The van der Waals surface area contributed by atoms with Crippen LogP contribution in [0, 0.1) is 5.82 Å². The van der Waals surface area contributed by atoms with Crippen molar-refractivity contribution in [3.8, 4) is 0 Å². The molecule has 1 aromatic carbocycles. The topological polar surface area (TPSA) is 70.5 Å². The van der Waals surface area contributed by atoms with Crippen LogP contribution in [0.4, 0.5) is 4.39 Å². The number of halogens is 1. The molecule has 116 valence electrons. The monoisotopic (exact) mass is 322 g/mol. The van der Waals surface area contributed by atoms with Crippen LogP contribution < -0.4 is 0 Å². The highest BCUT2D eigenvalue weighted by molar-refractivity contribution is 7.13. The molecule has 0 aliphatic carbocycles. The summed E-state index contributed by atoms with van der Waals surface area (Å²) in [5, 5.41) is 9.26. The predicted octanol–water partition coefficient (Wildman–Crippen LogP) is 2.42. The van der Waals surface area contributed by atoms with Crippen molar-refractivity contribution in [2.75, 3.05) is 13.6 Å². The zero-order valence-corrected chi connectivity index (χ0v) is 12.8. The fraction of sp³-hybridized carbons (Fsp3) is 0.267. The molecule has 2 rings (SSSR count). The number of aliphatic carboxylic acids is 1. The number of nitrogens with zero attached hydrogens (tertiary/aromatic N) is 2. The Morgan fingerprint density at radius 3 is 2.77 bits per heavy atom. The molecule has 0 aliphatic rings. The number of carbonyl (C=O) groups excluding carboxylic acids is 1. The molecular formula is C15H15FN2O3S. The SMILES string of the molecule is CN(CCC(=O)O)C(=O)c1cnc(Cc2ccccc2F)s1. The lowest BCUT2D eigenvalue weighted by molar-refractivity contribution is -0.137. The molecule has 0 saturated heterocycles. The van der Waals surface area contributed by atoms with Crippen LogP contribution in [-0.2, 0) is 11.2 Å². The lowest BCUT2D eigenvalue weighted by Gasteiger charge is -2.14. The number of hydrogen-bond donors (Lipinski definition) is 1. The van der Waals surface area contributed by atoms with E-state index in [1.807, 2.05) is 0 Å². The molecule has 2 aromatic rings. The fourth-order valence-corrected chi connectivity index (χ4v) is 2.78. The number of benzene rings is 1. The van der Waals surface area contributed by atoms with E-state index in [0.29, 0.717) is 21.9 Å². The second kappa shape index (κ2) is 7.13. The third-order valence-electron chi connectivity index (χ3n) is 3.07. The first-order valence-electron chi connectivity index (χ1n) is 6.62. The van der Waals surface area contributed by atoms with Crippen molar-refractivity contribution in [3.05, 3.63) is 51.7 Å². The zero-order valence-electron chi connectivity index (χ0n) is 12.0. The first kappa shape index (κ1) is 16.1. The van der Waals surface area contributed by atoms with Crippen molar-refractivity contribution in [1.29, 1.82) is 0 Å². The van der Waals surface area contributed by atoms with Crippen LogP contribution in [0.3, 0.4) is 0 Å². The molecule has 0 unspecified atom stereocenters. The van der Waals surface area contributed by atoms with E-state index in [0.717, 1.165) is 0 Å². The maximum atomic E-state index is 13.6. The molecule has 1 amide bonds. The number of hydrogen-bond acceptors (Lipinski definition) is 4. The van der Waals surface area contributed by atoms with E-state index >= 15 is 0 Å². The van der Waals surface area contributed by atoms with Gasteiger partial charge in [0, 0.05) is 20.0 Å². The minimum Gasteiger partial charge on any atom is -0.481 e. The first-order valence-corrected chi connectivity index (χ1v) is 7.44. The summed E-state index contributed by atoms with van der Waals surface area (Å²) < 4.78 is 13.6. The summed E-state index contributed by atoms with van der Waals surface area (Å²) in [5.41, 5.74) is 0.523. The number of aromatic nitrogens is 1. The molecule has 0 radical (unpaired) electrons. The fourth-order valence-electron chi connectivity index (χ4n) is 1.85. The van der Waals surface area contributed by atoms with Gasteiger partial charge in [0.05, 0.1) is 17.6 Å². The third kappa shape index (κ3) is 4.11. The Bertz CT molecular complexity index is 687. The van der Waals surface area contributed by atoms with Crippen LogP contribution in [0.2, 0.25) is 0 Å². The van der Waals surface area contributed by atoms with Crippen LogP contribution >= 0.6 is 11.3 Å². The van der Waals surface area contributed by atoms with E-state index in [1.54, 1.807) is 25.2 Å². The lowest BCUT2D eigenvalue weighted by atomic mass is 10.1. The molecule has 1 N–H and O–H groups in total. The Morgan fingerprint density at radius 2 is 2.09 bits per heavy atom. The Morgan fingerprint density at radius 1 is 1.36 bits per heavy atom. The second-order valence-corrected chi connectivity index (χ2v) is 5.87. The number of carbonyl (C=O) groups is 2. The first-order chi connectivity index (χ1) is 10.5. The van der Waals surface area contributed by atoms with Crippen molar-refractivity contribution >= 4 is 23.2 Å². The van der Waals surface area contributed by atoms with Gasteiger partial charge in [-0.05, 0) is 11.6 Å². The highest BCUT2D eigenvalue weighted by atomic mass is 32.1. The Hall–Kier alpha value is -2.28. The number of carboxylic acid groups (broad SMARTS) is 1. The van der Waals surface area contributed by atoms with Gasteiger partial charge in [0.1, 0.15) is 10.7 Å². The molecule has 1 heterocycles. The van der Waals surface area contributed by atoms with Gasteiger partial charge in [-0.1, -0.05) is 18.2 Å². The van der Waals surface area contributed by atoms with Gasteiger partial charge in [0.15, 0.2) is 0 Å². The van der Waals surface area contributed by atoms with E-state index in [2.05, 4.69) is 4.98 Å². The van der Waals surface area contributed by atoms with Gasteiger partial charge in [-0.3, -0.25) is 9.59 Å². The van der Waals surface area contributed by atoms with Gasteiger partial charge in [0.25, 0.3) is 5.91 Å². The molecule has 22 heavy (non-hydrogen) atoms. The van der Waals surface area contributed by atoms with Crippen LogP contribution in [-0.4, -0.2) is 40.5 Å². The van der Waals surface area contributed by atoms with Crippen molar-refractivity contribution in [2.45, 2.75) is 12.8 Å². The average Bonchev–Trinajstić information content (AvgIpc) is 2.95. The van der Waals surface area contributed by atoms with Crippen LogP contribution in [0.15, 0.2) is 30.5 Å². The number of amides is 1. The maximum Gasteiger partial charge on any atom is 0.305 e. The molecule has 0 saturated carbocycles. The van der Waals surface area contributed by atoms with E-state index in [1.165, 1.54) is 28.5 Å². The van der Waals surface area contributed by atoms with E-state index in [4.69, 9.17) is 5.11 Å². The van der Waals surface area contributed by atoms with Crippen molar-refractivity contribution < 1.29 is 19.1 Å². The Balaban J connectivity index is 2.03. The van der Waals surface area contributed by atoms with Gasteiger partial charge in [0.2, 0.25) is 0 Å². The lowest BCUT2D eigenvalue weighted by Crippen LogP contribution is -2.28. The van der Waals surface area contributed by atoms with Crippen LogP contribution in [0.1, 0.15) is 26.7 Å². The molecule has 0 fully saturated rings. The van der Waals surface area contributed by atoms with Gasteiger partial charge in [-0.15, -0.1) is 11.3 Å². The Labute approximate surface area is 131 Å². The van der Waals surface area contributed by atoms with Crippen molar-refractivity contribution in [2.24, 2.45) is 0 Å². The minimum absolute atomic E-state index is 0.108. The second-order valence-electron chi connectivity index (χ2n) is 4.76. The predicted molar refractivity (Wildman–Crippen MR) is 80.5 cm³/mol. The van der Waals surface area contributed by atoms with Crippen LogP contribution in [0.25, 0.3) is 0 Å². The summed E-state index contributed by atoms with van der Waals surface area (Å²) in [6, 6.07) is 6.43. The highest BCUT2D eigenvalue weighted by Crippen LogP contribution is 2.19. The van der Waals surface area contributed by atoms with E-state index in [-0.39, 0.29) is 24.7 Å². The summed E-state index contributed by atoms with van der Waals surface area (Å²) in [5.74, 6) is -1.54. The number of rotatable bonds is 6. The van der Waals surface area contributed by atoms with Crippen molar-refractivity contribution in [1.82, 2.24) is 9.88 Å². The summed E-state index contributed by atoms with van der Waals surface area (Å²) in [6.45, 7) is 0.134. The van der Waals surface area contributed by atoms with Gasteiger partial charge >= 0.3 is 5.97 Å². The van der Waals surface area contributed by atoms with Crippen LogP contribution in [0.5, 0.6) is 0 Å². The Kier molecular flexibility index (Phi) is 5.21. The van der Waals surface area contributed by atoms with Gasteiger partial charge < -0.3 is 10.0 Å². The van der Waals surface area contributed by atoms with Gasteiger partial charge in [-0.25, -0.2) is 9.37 Å². The molecular weight excluding hydrogens is 307 g/mol. The molecule has 0 aliphatic heterocycles. The molecule has 7 heteroatoms. The van der Waals surface area contributed by atoms with Crippen molar-refractivity contribution in [3.63, 3.8) is 0 Å². The largest absolute Gasteiger partial charge is 0.481 e. The molecule has 0 atom stereocenters. The standard InChI is InChI=1S/C15H15FN2O3S/c1-18(7-6-14(19)20)15(21)12-9-17-13(22-12)8-10-4-2-3-5-11(10)16/h2-5,9H,6-8H2,1H3,(H,19,20). The summed E-state index contributed by atoms with van der Waals surface area (Å²) >= 11 is 1.19. The number of carboxylic acids is 1. The molecule has 0 spiro atoms. The minimum atomic E-state index is -0.954. The molecule has 5 nitrogen and oxygen atoms in total. The zero-order chi connectivity index (χ0) is 16.1. The number of thiazole rings is 1. The maximum absolute atomic E-state index is 13.6. The smallest absolute Gasteiger partial charge is 0.305 e. The quantitative estimate of drug-likeness (QED) is 0.886. The molecule has 1 aromatic heterocycles. The van der Waals surface area contributed by atoms with Gasteiger partial charge in [-0.2, -0.15) is 0 Å². The summed E-state index contributed by atoms with van der Waals surface area (Å²) in [7, 11) is 1.54. The summed E-state index contributed by atoms with van der Waals surface area (Å²) in [4.78, 5) is 28.5. The average molecular weight is 322 g/mol. The van der Waals surface area contributed by atoms with E-state index in [9.17, 15) is 14.0 Å².